The molecule has 1 aliphatic carbocycles. The highest BCUT2D eigenvalue weighted by Crippen LogP contribution is 2.46. The Bertz CT molecular complexity index is 754. The number of thiophene rings is 1. The van der Waals surface area contributed by atoms with Crippen LogP contribution in [0, 0.1) is 0 Å². The lowest BCUT2D eigenvalue weighted by atomic mass is 10.1. The van der Waals surface area contributed by atoms with Crippen LogP contribution in [-0.2, 0) is 17.6 Å². The topological polar surface area (TPSA) is 49.4 Å². The normalized spacial score (nSPS) is 16.0. The van der Waals surface area contributed by atoms with Crippen LogP contribution >= 0.6 is 34.5 Å². The van der Waals surface area contributed by atoms with E-state index in [1.807, 2.05) is 6.07 Å². The maximum atomic E-state index is 11.1. The molecule has 0 bridgehead atoms. The Morgan fingerprint density at radius 2 is 2.04 bits per heavy atom. The van der Waals surface area contributed by atoms with E-state index in [0.717, 1.165) is 29.3 Å². The Labute approximate surface area is 149 Å². The molecular formula is C17H17Cl2O3S-. The first-order valence-corrected chi connectivity index (χ1v) is 9.40. The van der Waals surface area contributed by atoms with Crippen molar-refractivity contribution in [3.8, 4) is 5.75 Å². The highest BCUT2D eigenvalue weighted by Gasteiger charge is 2.22. The van der Waals surface area contributed by atoms with E-state index in [0.29, 0.717) is 17.2 Å². The van der Waals surface area contributed by atoms with E-state index in [-0.39, 0.29) is 5.02 Å². The molecule has 2 aromatic rings. The van der Waals surface area contributed by atoms with Gasteiger partial charge in [-0.1, -0.05) is 36.5 Å². The number of hydrogen-bond acceptors (Lipinski definition) is 4. The number of carboxylic acid groups (broad SMARTS) is 1. The third-order valence-corrected chi connectivity index (χ3v) is 6.54. The van der Waals surface area contributed by atoms with Gasteiger partial charge >= 0.3 is 0 Å². The fraction of sp³-hybridized carbons (Fsp3) is 0.471. The summed E-state index contributed by atoms with van der Waals surface area (Å²) in [7, 11) is 0. The van der Waals surface area contributed by atoms with Crippen LogP contribution < -0.4 is 9.84 Å². The van der Waals surface area contributed by atoms with E-state index < -0.39 is 12.1 Å². The number of rotatable bonds is 4. The molecule has 0 fully saturated rings. The molecule has 0 saturated heterocycles. The predicted molar refractivity (Wildman–Crippen MR) is 92.8 cm³/mol. The largest absolute Gasteiger partial charge is 0.546 e. The average Bonchev–Trinajstić information content (AvgIpc) is 2.71. The summed E-state index contributed by atoms with van der Waals surface area (Å²) in [6, 6.07) is 1.84. The number of carboxylic acids is 1. The summed E-state index contributed by atoms with van der Waals surface area (Å²) in [5.74, 6) is -0.922. The van der Waals surface area contributed by atoms with E-state index in [2.05, 4.69) is 0 Å². The molecule has 0 radical (unpaired) electrons. The van der Waals surface area contributed by atoms with Gasteiger partial charge in [-0.15, -0.1) is 11.3 Å². The van der Waals surface area contributed by atoms with Crippen LogP contribution in [0.3, 0.4) is 0 Å². The zero-order valence-corrected chi connectivity index (χ0v) is 15.1. The molecule has 3 rings (SSSR count). The fourth-order valence-corrected chi connectivity index (χ4v) is 4.89. The number of halogens is 2. The van der Waals surface area contributed by atoms with Crippen molar-refractivity contribution in [1.82, 2.24) is 0 Å². The summed E-state index contributed by atoms with van der Waals surface area (Å²) in [5.41, 5.74) is 1.31. The number of fused-ring (bicyclic) bond motifs is 3. The second-order valence-corrected chi connectivity index (χ2v) is 7.64. The number of aliphatic carboxylic acids is 1. The fourth-order valence-electron chi connectivity index (χ4n) is 3.02. The van der Waals surface area contributed by atoms with Crippen molar-refractivity contribution in [1.29, 1.82) is 0 Å². The highest BCUT2D eigenvalue weighted by atomic mass is 35.5. The quantitative estimate of drug-likeness (QED) is 0.749. The summed E-state index contributed by atoms with van der Waals surface area (Å²) in [5, 5.41) is 12.9. The first-order chi connectivity index (χ1) is 11.0. The summed E-state index contributed by atoms with van der Waals surface area (Å²) >= 11 is 14.4. The van der Waals surface area contributed by atoms with Gasteiger partial charge in [-0.3, -0.25) is 0 Å². The molecule has 6 heteroatoms. The molecule has 1 atom stereocenters. The summed E-state index contributed by atoms with van der Waals surface area (Å²) in [6.45, 7) is 1.73. The molecule has 1 unspecified atom stereocenters. The number of carbonyl (C=O) groups is 1. The molecule has 0 saturated carbocycles. The molecular weight excluding hydrogens is 355 g/mol. The first kappa shape index (κ1) is 16.9. The van der Waals surface area contributed by atoms with Crippen molar-refractivity contribution in [2.45, 2.75) is 51.6 Å². The van der Waals surface area contributed by atoms with E-state index in [4.69, 9.17) is 27.9 Å². The number of benzene rings is 1. The zero-order valence-electron chi connectivity index (χ0n) is 12.8. The second-order valence-electron chi connectivity index (χ2n) is 5.78. The summed E-state index contributed by atoms with van der Waals surface area (Å²) in [6.07, 6.45) is 4.94. The zero-order chi connectivity index (χ0) is 16.6. The van der Waals surface area contributed by atoms with Gasteiger partial charge in [0.1, 0.15) is 16.9 Å². The smallest absolute Gasteiger partial charge is 0.141 e. The van der Waals surface area contributed by atoms with Gasteiger partial charge in [-0.25, -0.2) is 0 Å². The van der Waals surface area contributed by atoms with Gasteiger partial charge in [0.2, 0.25) is 0 Å². The van der Waals surface area contributed by atoms with Gasteiger partial charge < -0.3 is 14.6 Å². The molecule has 124 valence electrons. The average molecular weight is 372 g/mol. The molecule has 0 amide bonds. The molecule has 23 heavy (non-hydrogen) atoms. The molecule has 3 nitrogen and oxygen atoms in total. The van der Waals surface area contributed by atoms with E-state index in [1.165, 1.54) is 23.3 Å². The molecule has 1 aromatic carbocycles. The molecule has 1 aliphatic rings. The van der Waals surface area contributed by atoms with Crippen LogP contribution in [0.5, 0.6) is 5.75 Å². The molecule has 0 spiro atoms. The predicted octanol–water partition coefficient (Wildman–Crippen LogP) is 4.38. The Kier molecular flexibility index (Phi) is 5.04. The molecule has 0 aliphatic heterocycles. The lowest BCUT2D eigenvalue weighted by Crippen LogP contribution is -2.39. The lowest BCUT2D eigenvalue weighted by Gasteiger charge is -2.19. The van der Waals surface area contributed by atoms with Gasteiger partial charge in [0.25, 0.3) is 0 Å². The van der Waals surface area contributed by atoms with E-state index in [9.17, 15) is 9.90 Å². The van der Waals surface area contributed by atoms with Crippen molar-refractivity contribution >= 4 is 50.6 Å². The van der Waals surface area contributed by atoms with Crippen LogP contribution in [0.2, 0.25) is 10.0 Å². The Hall–Kier alpha value is -0.970. The number of aryl methyl sites for hydroxylation is 2. The Balaban J connectivity index is 2.10. The monoisotopic (exact) mass is 371 g/mol. The van der Waals surface area contributed by atoms with Crippen molar-refractivity contribution in [2.24, 2.45) is 0 Å². The minimum atomic E-state index is -1.25. The van der Waals surface area contributed by atoms with Crippen LogP contribution in [0.4, 0.5) is 0 Å². The number of carbonyl (C=O) groups excluding carboxylic acids is 1. The third-order valence-electron chi connectivity index (χ3n) is 4.25. The summed E-state index contributed by atoms with van der Waals surface area (Å²) in [4.78, 5) is 12.5. The van der Waals surface area contributed by atoms with Crippen molar-refractivity contribution in [3.63, 3.8) is 0 Å². The van der Waals surface area contributed by atoms with Crippen molar-refractivity contribution in [3.05, 3.63) is 26.6 Å². The maximum absolute atomic E-state index is 11.1. The molecule has 1 aromatic heterocycles. The third kappa shape index (κ3) is 3.17. The SMILES string of the molecule is CCC(Oc1cc2c3c(sc2c(Cl)c1Cl)CCCCC3)C(=O)[O-]. The summed E-state index contributed by atoms with van der Waals surface area (Å²) < 4.78 is 6.53. The van der Waals surface area contributed by atoms with Crippen LogP contribution in [0.25, 0.3) is 10.1 Å². The van der Waals surface area contributed by atoms with Gasteiger partial charge in [0.15, 0.2) is 0 Å². The Morgan fingerprint density at radius 1 is 1.30 bits per heavy atom. The van der Waals surface area contributed by atoms with Crippen LogP contribution in [-0.4, -0.2) is 12.1 Å². The molecule has 1 heterocycles. The van der Waals surface area contributed by atoms with Crippen molar-refractivity contribution in [2.75, 3.05) is 0 Å². The van der Waals surface area contributed by atoms with Crippen molar-refractivity contribution < 1.29 is 14.6 Å². The van der Waals surface area contributed by atoms with Gasteiger partial charge in [0, 0.05) is 10.3 Å². The van der Waals surface area contributed by atoms with E-state index in [1.54, 1.807) is 18.3 Å². The minimum Gasteiger partial charge on any atom is -0.546 e. The second kappa shape index (κ2) is 6.88. The van der Waals surface area contributed by atoms with Gasteiger partial charge in [-0.05, 0) is 43.7 Å². The first-order valence-electron chi connectivity index (χ1n) is 7.82. The van der Waals surface area contributed by atoms with Crippen LogP contribution in [0.1, 0.15) is 43.0 Å². The van der Waals surface area contributed by atoms with Gasteiger partial charge in [0.05, 0.1) is 15.7 Å². The van der Waals surface area contributed by atoms with Gasteiger partial charge in [-0.2, -0.15) is 0 Å². The molecule has 0 N–H and O–H groups in total. The minimum absolute atomic E-state index is 0.273. The maximum Gasteiger partial charge on any atom is 0.141 e. The Morgan fingerprint density at radius 3 is 2.74 bits per heavy atom. The lowest BCUT2D eigenvalue weighted by molar-refractivity contribution is -0.313. The van der Waals surface area contributed by atoms with Crippen LogP contribution in [0.15, 0.2) is 6.07 Å². The number of hydrogen-bond donors (Lipinski definition) is 0. The standard InChI is InChI=1S/C17H18Cl2O3S/c1-2-11(17(20)21)22-12-8-10-9-6-4-3-5-7-13(9)23-16(10)15(19)14(12)18/h8,11H,2-7H2,1H3,(H,20,21)/p-1. The number of ether oxygens (including phenoxy) is 1. The highest BCUT2D eigenvalue weighted by molar-refractivity contribution is 7.20. The van der Waals surface area contributed by atoms with E-state index >= 15 is 0 Å².